The zero-order valence-electron chi connectivity index (χ0n) is 19.3. The molecule has 0 unspecified atom stereocenters. The molecule has 0 atom stereocenters. The number of hydrogen-bond donors (Lipinski definition) is 3. The van der Waals surface area contributed by atoms with Crippen LogP contribution in [0, 0.1) is 0 Å². The van der Waals surface area contributed by atoms with Gasteiger partial charge in [-0.2, -0.15) is 13.1 Å². The van der Waals surface area contributed by atoms with Crippen LogP contribution in [0.4, 0.5) is 5.69 Å². The van der Waals surface area contributed by atoms with Crippen molar-refractivity contribution < 1.29 is 22.8 Å². The number of quaternary nitrogens is 1. The lowest BCUT2D eigenvalue weighted by molar-refractivity contribution is -0.896. The highest BCUT2D eigenvalue weighted by Gasteiger charge is 2.43. The minimum absolute atomic E-state index is 0.217. The molecule has 0 aromatic heterocycles. The molecule has 8 heteroatoms. The molecule has 0 radical (unpaired) electrons. The Labute approximate surface area is 188 Å². The van der Waals surface area contributed by atoms with Crippen LogP contribution in [-0.2, 0) is 21.4 Å². The molecule has 0 amide bonds. The van der Waals surface area contributed by atoms with E-state index >= 15 is 0 Å². The summed E-state index contributed by atoms with van der Waals surface area (Å²) in [6.45, 7) is 3.67. The van der Waals surface area contributed by atoms with E-state index in [9.17, 15) is 18.3 Å². The monoisotopic (exact) mass is 454 g/mol. The molecule has 1 aromatic rings. The van der Waals surface area contributed by atoms with Gasteiger partial charge in [-0.25, -0.2) is 0 Å². The predicted octanol–water partition coefficient (Wildman–Crippen LogP) is 3.92. The van der Waals surface area contributed by atoms with Gasteiger partial charge in [0.2, 0.25) is 0 Å². The number of nitrogens with zero attached hydrogens (tertiary/aromatic N) is 1. The number of anilines is 1. The second-order valence-electron chi connectivity index (χ2n) is 9.66. The zero-order chi connectivity index (χ0) is 23.0. The number of unbranched alkanes of at least 4 members (excludes halogenated alkanes) is 5. The number of aryl methyl sites for hydroxylation is 1. The highest BCUT2D eigenvalue weighted by Crippen LogP contribution is 2.29. The van der Waals surface area contributed by atoms with E-state index < -0.39 is 21.7 Å². The van der Waals surface area contributed by atoms with Crippen molar-refractivity contribution in [2.45, 2.75) is 76.7 Å². The molecule has 1 heterocycles. The molecule has 1 saturated heterocycles. The van der Waals surface area contributed by atoms with Gasteiger partial charge in [0.1, 0.15) is 0 Å². The summed E-state index contributed by atoms with van der Waals surface area (Å²) < 4.78 is 31.6. The Morgan fingerprint density at radius 3 is 2.19 bits per heavy atom. The first kappa shape index (κ1) is 25.6. The van der Waals surface area contributed by atoms with Gasteiger partial charge in [-0.15, -0.1) is 0 Å². The molecule has 0 spiro atoms. The van der Waals surface area contributed by atoms with Crippen molar-refractivity contribution in [3.05, 3.63) is 29.8 Å². The molecule has 0 aliphatic carbocycles. The van der Waals surface area contributed by atoms with Crippen LogP contribution in [0.2, 0.25) is 0 Å². The zero-order valence-corrected chi connectivity index (χ0v) is 20.1. The van der Waals surface area contributed by atoms with Crippen molar-refractivity contribution >= 4 is 21.9 Å². The molecule has 1 aliphatic rings. The first-order valence-corrected chi connectivity index (χ1v) is 13.0. The Hall–Kier alpha value is -1.64. The number of piperidine rings is 1. The van der Waals surface area contributed by atoms with Crippen LogP contribution in [0.15, 0.2) is 24.3 Å². The van der Waals surface area contributed by atoms with Crippen molar-refractivity contribution in [1.29, 1.82) is 0 Å². The second-order valence-corrected chi connectivity index (χ2v) is 11.1. The normalized spacial score (nSPS) is 17.9. The maximum atomic E-state index is 12.8. The molecule has 31 heavy (non-hydrogen) atoms. The van der Waals surface area contributed by atoms with Gasteiger partial charge in [-0.3, -0.25) is 9.52 Å². The van der Waals surface area contributed by atoms with Crippen LogP contribution in [0.1, 0.15) is 70.3 Å². The summed E-state index contributed by atoms with van der Waals surface area (Å²) in [5.74, 6) is -0.992. The smallest absolute Gasteiger partial charge is 0.305 e. The third-order valence-electron chi connectivity index (χ3n) is 6.26. The van der Waals surface area contributed by atoms with Gasteiger partial charge < -0.3 is 9.59 Å². The maximum Gasteiger partial charge on any atom is 0.305 e. The van der Waals surface area contributed by atoms with Crippen LogP contribution in [0.3, 0.4) is 0 Å². The highest BCUT2D eigenvalue weighted by atomic mass is 32.2. The largest absolute Gasteiger partial charge is 0.481 e. The molecule has 3 N–H and O–H groups in total. The molecule has 176 valence electrons. The molecule has 7 nitrogen and oxygen atoms in total. The highest BCUT2D eigenvalue weighted by molar-refractivity contribution is 7.90. The first-order valence-electron chi connectivity index (χ1n) is 11.5. The lowest BCUT2D eigenvalue weighted by Gasteiger charge is -2.44. The molecule has 0 saturated carbocycles. The van der Waals surface area contributed by atoms with Crippen LogP contribution in [0.5, 0.6) is 0 Å². The molecule has 1 fully saturated rings. The second kappa shape index (κ2) is 11.3. The SMILES string of the molecule is CCCCCCCCc1ccc(NS(=O)(=O)NC2(CC(=O)O)CC[N+](C)(C)CC2)cc1. The van der Waals surface area contributed by atoms with Gasteiger partial charge in [0.15, 0.2) is 0 Å². The number of hydrogen-bond acceptors (Lipinski definition) is 3. The number of rotatable bonds is 13. The van der Waals surface area contributed by atoms with Crippen molar-refractivity contribution in [2.24, 2.45) is 0 Å². The Balaban J connectivity index is 1.92. The summed E-state index contributed by atoms with van der Waals surface area (Å²) in [4.78, 5) is 11.4. The van der Waals surface area contributed by atoms with E-state index in [4.69, 9.17) is 0 Å². The van der Waals surface area contributed by atoms with Gasteiger partial charge in [0, 0.05) is 18.5 Å². The van der Waals surface area contributed by atoms with E-state index in [0.29, 0.717) is 18.5 Å². The summed E-state index contributed by atoms with van der Waals surface area (Å²) in [6, 6.07) is 7.46. The molecule has 0 bridgehead atoms. The molecule has 2 rings (SSSR count). The van der Waals surface area contributed by atoms with E-state index in [1.807, 2.05) is 12.1 Å². The van der Waals surface area contributed by atoms with Gasteiger partial charge in [-0.05, 0) is 30.5 Å². The van der Waals surface area contributed by atoms with Crippen LogP contribution < -0.4 is 9.44 Å². The lowest BCUT2D eigenvalue weighted by atomic mass is 9.85. The predicted molar refractivity (Wildman–Crippen MR) is 125 cm³/mol. The number of carboxylic acid groups (broad SMARTS) is 1. The average molecular weight is 455 g/mol. The van der Waals surface area contributed by atoms with Gasteiger partial charge >= 0.3 is 5.97 Å². The van der Waals surface area contributed by atoms with Crippen LogP contribution in [0.25, 0.3) is 0 Å². The molecule has 1 aliphatic heterocycles. The Morgan fingerprint density at radius 1 is 1.03 bits per heavy atom. The van der Waals surface area contributed by atoms with Gasteiger partial charge in [-0.1, -0.05) is 51.2 Å². The maximum absolute atomic E-state index is 12.8. The molecular formula is C23H40N3O4S+. The third-order valence-corrected chi connectivity index (χ3v) is 7.46. The van der Waals surface area contributed by atoms with Crippen LogP contribution in [-0.4, -0.2) is 56.7 Å². The van der Waals surface area contributed by atoms with E-state index in [1.165, 1.54) is 37.7 Å². The number of likely N-dealkylation sites (tertiary alicyclic amines) is 1. The fraction of sp³-hybridized carbons (Fsp3) is 0.696. The summed E-state index contributed by atoms with van der Waals surface area (Å²) in [7, 11) is 0.259. The van der Waals surface area contributed by atoms with Gasteiger partial charge in [0.05, 0.1) is 39.1 Å². The fourth-order valence-electron chi connectivity index (χ4n) is 4.19. The van der Waals surface area contributed by atoms with Crippen LogP contribution >= 0.6 is 0 Å². The Kier molecular flexibility index (Phi) is 9.33. The summed E-state index contributed by atoms with van der Waals surface area (Å²) in [6.07, 6.45) is 9.24. The lowest BCUT2D eigenvalue weighted by Crippen LogP contribution is -2.60. The topological polar surface area (TPSA) is 95.5 Å². The first-order chi connectivity index (χ1) is 14.5. The van der Waals surface area contributed by atoms with Crippen molar-refractivity contribution in [3.63, 3.8) is 0 Å². The number of aliphatic carboxylic acids is 1. The Morgan fingerprint density at radius 2 is 1.61 bits per heavy atom. The van der Waals surface area contributed by atoms with E-state index in [-0.39, 0.29) is 6.42 Å². The summed E-state index contributed by atoms with van der Waals surface area (Å²) in [5, 5.41) is 9.35. The Bertz CT molecular complexity index is 797. The minimum Gasteiger partial charge on any atom is -0.481 e. The standard InChI is InChI=1S/C23H39N3O4S/c1-4-5-6-7-8-9-10-20-11-13-21(14-12-20)24-31(29,30)25-23(19-22(27)28)15-17-26(2,3)18-16-23/h11-14,24-25H,4-10,15-19H2,1-3H3/p+1. The van der Waals surface area contributed by atoms with E-state index in [0.717, 1.165) is 30.4 Å². The summed E-state index contributed by atoms with van der Waals surface area (Å²) >= 11 is 0. The number of nitrogens with one attached hydrogen (secondary N) is 2. The average Bonchev–Trinajstić information content (AvgIpc) is 2.67. The number of carbonyl (C=O) groups is 1. The molecular weight excluding hydrogens is 414 g/mol. The van der Waals surface area contributed by atoms with Crippen molar-refractivity contribution in [1.82, 2.24) is 4.72 Å². The third kappa shape index (κ3) is 9.17. The number of carboxylic acids is 1. The van der Waals surface area contributed by atoms with Crippen molar-refractivity contribution in [2.75, 3.05) is 31.9 Å². The van der Waals surface area contributed by atoms with E-state index in [1.54, 1.807) is 12.1 Å². The molecule has 1 aromatic carbocycles. The minimum atomic E-state index is -3.89. The summed E-state index contributed by atoms with van der Waals surface area (Å²) in [5.41, 5.74) is 0.723. The number of benzene rings is 1. The quantitative estimate of drug-likeness (QED) is 0.311. The van der Waals surface area contributed by atoms with E-state index in [2.05, 4.69) is 30.5 Å². The fourth-order valence-corrected chi connectivity index (χ4v) is 5.53. The van der Waals surface area contributed by atoms with Crippen molar-refractivity contribution in [3.8, 4) is 0 Å². The van der Waals surface area contributed by atoms with Gasteiger partial charge in [0.25, 0.3) is 10.2 Å².